The van der Waals surface area contributed by atoms with Crippen molar-refractivity contribution < 1.29 is 18.7 Å². The van der Waals surface area contributed by atoms with Gasteiger partial charge in [-0.2, -0.15) is 0 Å². The minimum atomic E-state index is -1.93. The van der Waals surface area contributed by atoms with Crippen LogP contribution < -0.4 is 9.16 Å². The van der Waals surface area contributed by atoms with E-state index in [0.717, 1.165) is 35.5 Å². The van der Waals surface area contributed by atoms with Gasteiger partial charge in [0.05, 0.1) is 13.5 Å². The zero-order valence-electron chi connectivity index (χ0n) is 18.8. The molecule has 1 unspecified atom stereocenters. The number of ether oxygens (including phenoxy) is 2. The van der Waals surface area contributed by atoms with Crippen molar-refractivity contribution in [3.63, 3.8) is 0 Å². The van der Waals surface area contributed by atoms with Gasteiger partial charge in [-0.1, -0.05) is 20.8 Å². The Balaban J connectivity index is 2.46. The highest BCUT2D eigenvalue weighted by molar-refractivity contribution is 6.74. The smallest absolute Gasteiger partial charge is 0.309 e. The normalized spacial score (nSPS) is 19.9. The summed E-state index contributed by atoms with van der Waals surface area (Å²) in [7, 11) is -0.511. The highest BCUT2D eigenvalue weighted by Gasteiger charge is 2.41. The van der Waals surface area contributed by atoms with E-state index in [1.165, 1.54) is 18.2 Å². The van der Waals surface area contributed by atoms with Gasteiger partial charge in [0, 0.05) is 5.56 Å². The van der Waals surface area contributed by atoms with Crippen LogP contribution in [-0.2, 0) is 16.0 Å². The van der Waals surface area contributed by atoms with Gasteiger partial charge in [0.2, 0.25) is 0 Å². The number of esters is 1. The number of hydrogen-bond acceptors (Lipinski definition) is 4. The SMILES string of the molecule is COC(=O)CC1(C)CCc2c(C)c(O[Si](C)(C)C(C)(C)C)c(C)c(C)c2O1. The zero-order chi connectivity index (χ0) is 20.8. The number of carbonyl (C=O) groups is 1. The molecule has 0 bridgehead atoms. The molecule has 27 heavy (non-hydrogen) atoms. The maximum atomic E-state index is 11.8. The second-order valence-corrected chi connectivity index (χ2v) is 14.4. The fourth-order valence-corrected chi connectivity index (χ4v) is 4.47. The van der Waals surface area contributed by atoms with Crippen LogP contribution in [0.5, 0.6) is 11.5 Å². The summed E-state index contributed by atoms with van der Waals surface area (Å²) in [5, 5.41) is 0.144. The second-order valence-electron chi connectivity index (χ2n) is 9.68. The van der Waals surface area contributed by atoms with Crippen molar-refractivity contribution in [3.05, 3.63) is 22.3 Å². The van der Waals surface area contributed by atoms with E-state index in [0.29, 0.717) is 0 Å². The van der Waals surface area contributed by atoms with Crippen LogP contribution in [0, 0.1) is 20.8 Å². The first-order valence-electron chi connectivity index (χ1n) is 9.80. The third-order valence-corrected chi connectivity index (χ3v) is 10.8. The van der Waals surface area contributed by atoms with Crippen molar-refractivity contribution in [2.45, 2.75) is 91.5 Å². The monoisotopic (exact) mass is 392 g/mol. The summed E-state index contributed by atoms with van der Waals surface area (Å²) in [6.07, 6.45) is 1.93. The van der Waals surface area contributed by atoms with Crippen LogP contribution in [0.1, 0.15) is 62.8 Å². The van der Waals surface area contributed by atoms with Crippen LogP contribution >= 0.6 is 0 Å². The Morgan fingerprint density at radius 2 is 1.74 bits per heavy atom. The molecule has 1 aliphatic heterocycles. The van der Waals surface area contributed by atoms with Crippen molar-refractivity contribution in [2.24, 2.45) is 0 Å². The van der Waals surface area contributed by atoms with Crippen LogP contribution in [0.15, 0.2) is 0 Å². The number of fused-ring (bicyclic) bond motifs is 1. The highest BCUT2D eigenvalue weighted by Crippen LogP contribution is 2.47. The predicted molar refractivity (Wildman–Crippen MR) is 112 cm³/mol. The lowest BCUT2D eigenvalue weighted by Crippen LogP contribution is -2.44. The van der Waals surface area contributed by atoms with E-state index < -0.39 is 13.9 Å². The molecule has 0 amide bonds. The predicted octanol–water partition coefficient (Wildman–Crippen LogP) is 5.64. The quantitative estimate of drug-likeness (QED) is 0.491. The fourth-order valence-electron chi connectivity index (χ4n) is 3.34. The van der Waals surface area contributed by atoms with Crippen molar-refractivity contribution >= 4 is 14.3 Å². The van der Waals surface area contributed by atoms with Gasteiger partial charge in [0.1, 0.15) is 17.1 Å². The molecule has 0 N–H and O–H groups in total. The molecule has 1 aliphatic rings. The summed E-state index contributed by atoms with van der Waals surface area (Å²) in [6.45, 7) is 19.7. The summed E-state index contributed by atoms with van der Waals surface area (Å²) < 4.78 is 18.0. The Hall–Kier alpha value is -1.49. The molecular weight excluding hydrogens is 356 g/mol. The van der Waals surface area contributed by atoms with Crippen LogP contribution in [0.25, 0.3) is 0 Å². The third-order valence-electron chi connectivity index (χ3n) is 6.47. The molecule has 1 aromatic rings. The number of methoxy groups -OCH3 is 1. The Bertz CT molecular complexity index is 746. The van der Waals surface area contributed by atoms with Gasteiger partial charge in [-0.3, -0.25) is 4.79 Å². The van der Waals surface area contributed by atoms with E-state index in [-0.39, 0.29) is 17.4 Å². The first-order chi connectivity index (χ1) is 12.2. The molecule has 0 fully saturated rings. The second kappa shape index (κ2) is 7.15. The van der Waals surface area contributed by atoms with Crippen molar-refractivity contribution in [1.29, 1.82) is 0 Å². The van der Waals surface area contributed by atoms with Gasteiger partial charge in [-0.05, 0) is 75.4 Å². The Morgan fingerprint density at radius 3 is 2.26 bits per heavy atom. The fraction of sp³-hybridized carbons (Fsp3) is 0.682. The van der Waals surface area contributed by atoms with Gasteiger partial charge in [0.25, 0.3) is 8.32 Å². The summed E-state index contributed by atoms with van der Waals surface area (Å²) in [4.78, 5) is 11.8. The van der Waals surface area contributed by atoms with E-state index >= 15 is 0 Å². The maximum absolute atomic E-state index is 11.8. The largest absolute Gasteiger partial charge is 0.543 e. The summed E-state index contributed by atoms with van der Waals surface area (Å²) in [5.74, 6) is 1.72. The van der Waals surface area contributed by atoms with Crippen LogP contribution in [0.4, 0.5) is 0 Å². The van der Waals surface area contributed by atoms with Crippen LogP contribution in [0.3, 0.4) is 0 Å². The van der Waals surface area contributed by atoms with Crippen molar-refractivity contribution in [2.75, 3.05) is 7.11 Å². The Morgan fingerprint density at radius 1 is 1.15 bits per heavy atom. The molecule has 1 aromatic carbocycles. The molecule has 0 spiro atoms. The lowest BCUT2D eigenvalue weighted by Gasteiger charge is -2.40. The molecule has 0 aromatic heterocycles. The summed E-state index contributed by atoms with van der Waals surface area (Å²) in [6, 6.07) is 0. The lowest BCUT2D eigenvalue weighted by atomic mass is 9.85. The molecule has 4 nitrogen and oxygen atoms in total. The molecule has 0 saturated heterocycles. The number of rotatable bonds is 4. The zero-order valence-corrected chi connectivity index (χ0v) is 19.8. The third kappa shape index (κ3) is 4.18. The van der Waals surface area contributed by atoms with Gasteiger partial charge in [-0.25, -0.2) is 0 Å². The molecule has 2 rings (SSSR count). The first kappa shape index (κ1) is 21.8. The maximum Gasteiger partial charge on any atom is 0.309 e. The van der Waals surface area contributed by atoms with Gasteiger partial charge >= 0.3 is 5.97 Å². The standard InChI is InChI=1S/C22H36O4Si/c1-14-15(2)20-17(11-12-22(7,25-20)13-18(23)24-8)16(3)19(14)26-27(9,10)21(4,5)6/h11-13H2,1-10H3. The molecule has 152 valence electrons. The van der Waals surface area contributed by atoms with Gasteiger partial charge < -0.3 is 13.9 Å². The number of carbonyl (C=O) groups excluding carboxylic acids is 1. The highest BCUT2D eigenvalue weighted by atomic mass is 28.4. The minimum Gasteiger partial charge on any atom is -0.543 e. The van der Waals surface area contributed by atoms with E-state index in [1.807, 2.05) is 6.92 Å². The van der Waals surface area contributed by atoms with Crippen LogP contribution in [0.2, 0.25) is 18.1 Å². The van der Waals surface area contributed by atoms with E-state index in [2.05, 4.69) is 54.6 Å². The summed E-state index contributed by atoms with van der Waals surface area (Å²) >= 11 is 0. The number of benzene rings is 1. The molecular formula is C22H36O4Si. The van der Waals surface area contributed by atoms with E-state index in [4.69, 9.17) is 13.9 Å². The average Bonchev–Trinajstić information content (AvgIpc) is 2.55. The van der Waals surface area contributed by atoms with Crippen molar-refractivity contribution in [1.82, 2.24) is 0 Å². The minimum absolute atomic E-state index is 0.144. The molecule has 1 heterocycles. The van der Waals surface area contributed by atoms with E-state index in [1.54, 1.807) is 0 Å². The van der Waals surface area contributed by atoms with E-state index in [9.17, 15) is 4.79 Å². The lowest BCUT2D eigenvalue weighted by molar-refractivity contribution is -0.145. The molecule has 1 atom stereocenters. The number of hydrogen-bond donors (Lipinski definition) is 0. The molecule has 0 saturated carbocycles. The molecule has 0 radical (unpaired) electrons. The molecule has 0 aliphatic carbocycles. The Kier molecular flexibility index (Phi) is 5.78. The van der Waals surface area contributed by atoms with Gasteiger partial charge in [0.15, 0.2) is 0 Å². The van der Waals surface area contributed by atoms with Gasteiger partial charge in [-0.15, -0.1) is 0 Å². The topological polar surface area (TPSA) is 44.8 Å². The average molecular weight is 393 g/mol. The summed E-state index contributed by atoms with van der Waals surface area (Å²) in [5.41, 5.74) is 4.12. The Labute approximate surface area is 165 Å². The van der Waals surface area contributed by atoms with Crippen molar-refractivity contribution in [3.8, 4) is 11.5 Å². The van der Waals surface area contributed by atoms with Crippen LogP contribution in [-0.4, -0.2) is 27.0 Å². The first-order valence-corrected chi connectivity index (χ1v) is 12.7. The molecule has 5 heteroatoms.